The van der Waals surface area contributed by atoms with Gasteiger partial charge in [-0.25, -0.2) is 9.50 Å². The van der Waals surface area contributed by atoms with Crippen molar-refractivity contribution in [2.24, 2.45) is 5.41 Å². The molecular weight excluding hydrogens is 396 g/mol. The van der Waals surface area contributed by atoms with Crippen molar-refractivity contribution in [3.63, 3.8) is 0 Å². The number of amides is 1. The molecule has 1 amide bonds. The molecule has 0 fully saturated rings. The largest absolute Gasteiger partial charge is 0.325 e. The molecular formula is C24H23ClN4O. The van der Waals surface area contributed by atoms with Crippen LogP contribution in [0.4, 0.5) is 5.69 Å². The highest BCUT2D eigenvalue weighted by Crippen LogP contribution is 2.29. The predicted octanol–water partition coefficient (Wildman–Crippen LogP) is 6.01. The smallest absolute Gasteiger partial charge is 0.229 e. The van der Waals surface area contributed by atoms with E-state index in [9.17, 15) is 4.79 Å². The average Bonchev–Trinajstić information content (AvgIpc) is 3.12. The molecule has 0 atom stereocenters. The van der Waals surface area contributed by atoms with E-state index in [1.165, 1.54) is 0 Å². The molecule has 4 aromatic rings. The normalized spacial score (nSPS) is 11.6. The summed E-state index contributed by atoms with van der Waals surface area (Å²) in [4.78, 5) is 17.1. The third-order valence-electron chi connectivity index (χ3n) is 4.93. The minimum absolute atomic E-state index is 0.0243. The second kappa shape index (κ2) is 7.58. The number of nitrogens with zero attached hydrogens (tertiary/aromatic N) is 3. The van der Waals surface area contributed by atoms with Crippen LogP contribution in [0.15, 0.2) is 60.8 Å². The van der Waals surface area contributed by atoms with Gasteiger partial charge >= 0.3 is 0 Å². The molecule has 0 radical (unpaired) electrons. The summed E-state index contributed by atoms with van der Waals surface area (Å²) in [6.07, 6.45) is 1.88. The van der Waals surface area contributed by atoms with Crippen molar-refractivity contribution < 1.29 is 4.79 Å². The van der Waals surface area contributed by atoms with Crippen molar-refractivity contribution in [1.82, 2.24) is 14.6 Å². The topological polar surface area (TPSA) is 59.3 Å². The number of anilines is 1. The van der Waals surface area contributed by atoms with Gasteiger partial charge in [0.25, 0.3) is 0 Å². The first-order valence-electron chi connectivity index (χ1n) is 9.76. The number of aryl methyl sites for hydroxylation is 1. The lowest BCUT2D eigenvalue weighted by Gasteiger charge is -2.19. The summed E-state index contributed by atoms with van der Waals surface area (Å²) < 4.78 is 1.75. The number of imidazole rings is 1. The molecule has 6 heteroatoms. The lowest BCUT2D eigenvalue weighted by atomic mass is 9.95. The highest BCUT2D eigenvalue weighted by Gasteiger charge is 2.22. The Morgan fingerprint density at radius 1 is 1.03 bits per heavy atom. The van der Waals surface area contributed by atoms with Crippen molar-refractivity contribution in [2.45, 2.75) is 27.7 Å². The fraction of sp³-hybridized carbons (Fsp3) is 0.208. The van der Waals surface area contributed by atoms with Crippen LogP contribution in [0.5, 0.6) is 0 Å². The molecule has 4 rings (SSSR count). The quantitative estimate of drug-likeness (QED) is 0.443. The predicted molar refractivity (Wildman–Crippen MR) is 122 cm³/mol. The number of carbonyl (C=O) groups is 1. The number of rotatable bonds is 3. The molecule has 0 bridgehead atoms. The molecule has 1 N–H and O–H groups in total. The Labute approximate surface area is 180 Å². The van der Waals surface area contributed by atoms with Crippen LogP contribution in [0.25, 0.3) is 28.2 Å². The molecule has 0 aliphatic rings. The summed E-state index contributed by atoms with van der Waals surface area (Å²) in [5.74, 6) is -0.0243. The van der Waals surface area contributed by atoms with E-state index in [0.717, 1.165) is 39.4 Å². The van der Waals surface area contributed by atoms with Crippen molar-refractivity contribution in [3.8, 4) is 22.5 Å². The first-order chi connectivity index (χ1) is 14.2. The van der Waals surface area contributed by atoms with Gasteiger partial charge in [0.2, 0.25) is 5.91 Å². The van der Waals surface area contributed by atoms with Crippen molar-refractivity contribution in [1.29, 1.82) is 0 Å². The number of halogens is 1. The zero-order valence-electron chi connectivity index (χ0n) is 17.4. The lowest BCUT2D eigenvalue weighted by molar-refractivity contribution is -0.123. The second-order valence-electron chi connectivity index (χ2n) is 8.36. The zero-order valence-corrected chi connectivity index (χ0v) is 18.2. The minimum Gasteiger partial charge on any atom is -0.325 e. The van der Waals surface area contributed by atoms with E-state index >= 15 is 0 Å². The Balaban J connectivity index is 1.71. The Morgan fingerprint density at radius 2 is 1.80 bits per heavy atom. The minimum atomic E-state index is -0.468. The number of nitrogens with one attached hydrogen (secondary N) is 1. The number of carbonyl (C=O) groups excluding carboxylic acids is 1. The van der Waals surface area contributed by atoms with Gasteiger partial charge in [-0.1, -0.05) is 62.7 Å². The van der Waals surface area contributed by atoms with E-state index < -0.39 is 5.41 Å². The zero-order chi connectivity index (χ0) is 21.5. The summed E-state index contributed by atoms with van der Waals surface area (Å²) in [6, 6.07) is 17.4. The van der Waals surface area contributed by atoms with Crippen molar-refractivity contribution >= 4 is 28.8 Å². The van der Waals surface area contributed by atoms with Gasteiger partial charge in [-0.05, 0) is 36.8 Å². The standard InChI is InChI=1S/C24H23ClN4O/c1-15-9-10-16(13-20(15)27-23(30)24(2,3)4)21-14-29-22(26-21)12-11-19(28-29)17-7-5-6-8-18(17)25/h5-14H,1-4H3,(H,27,30). The Kier molecular flexibility index (Phi) is 5.08. The maximum absolute atomic E-state index is 12.4. The Bertz CT molecular complexity index is 1250. The molecule has 30 heavy (non-hydrogen) atoms. The number of hydrogen-bond acceptors (Lipinski definition) is 3. The van der Waals surface area contributed by atoms with Crippen LogP contribution in [0, 0.1) is 12.3 Å². The van der Waals surface area contributed by atoms with E-state index in [2.05, 4.69) is 10.4 Å². The maximum atomic E-state index is 12.4. The lowest BCUT2D eigenvalue weighted by Crippen LogP contribution is -2.27. The van der Waals surface area contributed by atoms with Gasteiger partial charge in [0.15, 0.2) is 5.65 Å². The Morgan fingerprint density at radius 3 is 2.53 bits per heavy atom. The number of benzene rings is 2. The third-order valence-corrected chi connectivity index (χ3v) is 5.26. The molecule has 152 valence electrons. The summed E-state index contributed by atoms with van der Waals surface area (Å²) in [5, 5.41) is 8.36. The van der Waals surface area contributed by atoms with Gasteiger partial charge in [0, 0.05) is 22.2 Å². The summed E-state index contributed by atoms with van der Waals surface area (Å²) in [7, 11) is 0. The molecule has 0 aliphatic carbocycles. The van der Waals surface area contributed by atoms with E-state index in [-0.39, 0.29) is 5.91 Å². The summed E-state index contributed by atoms with van der Waals surface area (Å²) in [5.41, 5.74) is 5.40. The van der Waals surface area contributed by atoms with E-state index in [1.54, 1.807) is 4.52 Å². The van der Waals surface area contributed by atoms with Gasteiger partial charge in [0.05, 0.1) is 22.6 Å². The first kappa shape index (κ1) is 20.1. The van der Waals surface area contributed by atoms with Gasteiger partial charge in [0.1, 0.15) is 0 Å². The molecule has 5 nitrogen and oxygen atoms in total. The van der Waals surface area contributed by atoms with Crippen molar-refractivity contribution in [3.05, 3.63) is 71.4 Å². The van der Waals surface area contributed by atoms with Gasteiger partial charge in [-0.15, -0.1) is 0 Å². The number of aromatic nitrogens is 3. The molecule has 0 aliphatic heterocycles. The van der Waals surface area contributed by atoms with Crippen LogP contribution in [0.1, 0.15) is 26.3 Å². The van der Waals surface area contributed by atoms with Crippen LogP contribution in [-0.4, -0.2) is 20.5 Å². The van der Waals surface area contributed by atoms with Crippen LogP contribution in [0.3, 0.4) is 0 Å². The van der Waals surface area contributed by atoms with Crippen LogP contribution in [0.2, 0.25) is 5.02 Å². The molecule has 2 aromatic heterocycles. The summed E-state index contributed by atoms with van der Waals surface area (Å²) >= 11 is 6.32. The van der Waals surface area contributed by atoms with Gasteiger partial charge < -0.3 is 5.32 Å². The van der Waals surface area contributed by atoms with Crippen molar-refractivity contribution in [2.75, 3.05) is 5.32 Å². The van der Waals surface area contributed by atoms with Crippen LogP contribution in [-0.2, 0) is 4.79 Å². The molecule has 0 saturated carbocycles. The molecule has 2 heterocycles. The molecule has 2 aromatic carbocycles. The van der Waals surface area contributed by atoms with Gasteiger partial charge in [-0.2, -0.15) is 5.10 Å². The van der Waals surface area contributed by atoms with E-state index in [0.29, 0.717) is 5.02 Å². The van der Waals surface area contributed by atoms with Crippen LogP contribution >= 0.6 is 11.6 Å². The van der Waals surface area contributed by atoms with E-state index in [1.807, 2.05) is 88.5 Å². The fourth-order valence-corrected chi connectivity index (χ4v) is 3.29. The first-order valence-corrected chi connectivity index (χ1v) is 10.1. The molecule has 0 saturated heterocycles. The van der Waals surface area contributed by atoms with E-state index in [4.69, 9.17) is 16.6 Å². The number of fused-ring (bicyclic) bond motifs is 1. The summed E-state index contributed by atoms with van der Waals surface area (Å²) in [6.45, 7) is 7.66. The third kappa shape index (κ3) is 3.94. The monoisotopic (exact) mass is 418 g/mol. The highest BCUT2D eigenvalue weighted by molar-refractivity contribution is 6.33. The maximum Gasteiger partial charge on any atom is 0.229 e. The number of hydrogen-bond donors (Lipinski definition) is 1. The Hall–Kier alpha value is -3.18. The van der Waals surface area contributed by atoms with Crippen LogP contribution < -0.4 is 5.32 Å². The SMILES string of the molecule is Cc1ccc(-c2cn3nc(-c4ccccc4Cl)ccc3n2)cc1NC(=O)C(C)(C)C. The van der Waals surface area contributed by atoms with Gasteiger partial charge in [-0.3, -0.25) is 4.79 Å². The second-order valence-corrected chi connectivity index (χ2v) is 8.77. The fourth-order valence-electron chi connectivity index (χ4n) is 3.06. The molecule has 0 spiro atoms. The highest BCUT2D eigenvalue weighted by atomic mass is 35.5. The molecule has 0 unspecified atom stereocenters. The average molecular weight is 419 g/mol.